The van der Waals surface area contributed by atoms with Gasteiger partial charge in [0.25, 0.3) is 0 Å². The number of pyridine rings is 1. The quantitative estimate of drug-likeness (QED) is 0.444. The molecule has 2 aromatic rings. The third kappa shape index (κ3) is 7.71. The van der Waals surface area contributed by atoms with Crippen LogP contribution < -0.4 is 9.46 Å². The van der Waals surface area contributed by atoms with Crippen LogP contribution in [0.5, 0.6) is 5.75 Å². The topological polar surface area (TPSA) is 71.5 Å². The van der Waals surface area contributed by atoms with Gasteiger partial charge in [0, 0.05) is 31.2 Å². The number of piperidine rings is 1. The standard InChI is InChI=1S/C25H39N3O3S/c1-3-5-6-9-21-19-22-10-7-13-26-25(22)24(20-21)31-23-11-16-28(17-12-23)15-8-14-27-32(29,30)18-4-2/h7,10,13,19-20,23,27H,3-6,8-9,11-12,14-18H2,1-2H3. The number of ether oxygens (including phenoxy) is 1. The van der Waals surface area contributed by atoms with Gasteiger partial charge < -0.3 is 9.64 Å². The van der Waals surface area contributed by atoms with Gasteiger partial charge in [-0.3, -0.25) is 4.98 Å². The van der Waals surface area contributed by atoms with E-state index in [1.165, 1.54) is 24.8 Å². The average Bonchev–Trinajstić information content (AvgIpc) is 2.78. The number of hydrogen-bond acceptors (Lipinski definition) is 5. The Balaban J connectivity index is 1.50. The maximum Gasteiger partial charge on any atom is 0.211 e. The van der Waals surface area contributed by atoms with Crippen molar-refractivity contribution in [3.05, 3.63) is 36.0 Å². The van der Waals surface area contributed by atoms with Gasteiger partial charge in [-0.1, -0.05) is 32.8 Å². The highest BCUT2D eigenvalue weighted by Gasteiger charge is 2.21. The summed E-state index contributed by atoms with van der Waals surface area (Å²) >= 11 is 0. The molecule has 1 aliphatic rings. The molecule has 0 bridgehead atoms. The monoisotopic (exact) mass is 461 g/mol. The number of likely N-dealkylation sites (tertiary alicyclic amines) is 1. The highest BCUT2D eigenvalue weighted by atomic mass is 32.2. The number of aromatic nitrogens is 1. The van der Waals surface area contributed by atoms with Crippen molar-refractivity contribution in [1.29, 1.82) is 0 Å². The molecule has 0 amide bonds. The van der Waals surface area contributed by atoms with Crippen molar-refractivity contribution in [3.8, 4) is 5.75 Å². The summed E-state index contributed by atoms with van der Waals surface area (Å²) in [7, 11) is -3.10. The van der Waals surface area contributed by atoms with Crippen LogP contribution in [0.15, 0.2) is 30.5 Å². The molecule has 0 spiro atoms. The molecule has 1 aliphatic heterocycles. The van der Waals surface area contributed by atoms with Gasteiger partial charge in [0.05, 0.1) is 5.75 Å². The molecular weight excluding hydrogens is 422 g/mol. The molecule has 0 atom stereocenters. The maximum atomic E-state index is 11.7. The molecule has 1 saturated heterocycles. The molecule has 6 nitrogen and oxygen atoms in total. The normalized spacial score (nSPS) is 15.9. The van der Waals surface area contributed by atoms with E-state index in [0.29, 0.717) is 13.0 Å². The molecular formula is C25H39N3O3S. The van der Waals surface area contributed by atoms with Gasteiger partial charge in [0.1, 0.15) is 17.4 Å². The summed E-state index contributed by atoms with van der Waals surface area (Å²) in [4.78, 5) is 7.00. The molecule has 1 aromatic heterocycles. The third-order valence-electron chi connectivity index (χ3n) is 6.07. The average molecular weight is 462 g/mol. The van der Waals surface area contributed by atoms with Crippen molar-refractivity contribution in [2.24, 2.45) is 0 Å². The van der Waals surface area contributed by atoms with Gasteiger partial charge in [-0.2, -0.15) is 0 Å². The number of sulfonamides is 1. The SMILES string of the molecule is CCCCCc1cc(OC2CCN(CCCNS(=O)(=O)CCC)CC2)c2ncccc2c1. The van der Waals surface area contributed by atoms with E-state index in [4.69, 9.17) is 4.74 Å². The second-order valence-corrected chi connectivity index (χ2v) is 10.8. The minimum atomic E-state index is -3.10. The molecule has 1 N–H and O–H groups in total. The minimum Gasteiger partial charge on any atom is -0.488 e. The van der Waals surface area contributed by atoms with E-state index < -0.39 is 10.0 Å². The zero-order chi connectivity index (χ0) is 22.8. The van der Waals surface area contributed by atoms with Gasteiger partial charge in [-0.05, 0) is 68.8 Å². The zero-order valence-corrected chi connectivity index (χ0v) is 20.5. The van der Waals surface area contributed by atoms with Crippen LogP contribution in [0.25, 0.3) is 10.9 Å². The van der Waals surface area contributed by atoms with E-state index in [0.717, 1.165) is 62.0 Å². The first-order valence-electron chi connectivity index (χ1n) is 12.2. The Morgan fingerprint density at radius 3 is 2.69 bits per heavy atom. The van der Waals surface area contributed by atoms with Crippen LogP contribution in [-0.4, -0.2) is 56.3 Å². The Hall–Kier alpha value is -1.70. The Labute approximate surface area is 193 Å². The van der Waals surface area contributed by atoms with E-state index in [1.54, 1.807) is 0 Å². The molecule has 0 radical (unpaired) electrons. The summed E-state index contributed by atoms with van der Waals surface area (Å²) in [5, 5.41) is 1.15. The number of rotatable bonds is 13. The molecule has 0 unspecified atom stereocenters. The van der Waals surface area contributed by atoms with Crippen molar-refractivity contribution in [2.75, 3.05) is 31.9 Å². The predicted octanol–water partition coefficient (Wildman–Crippen LogP) is 4.53. The first-order chi connectivity index (χ1) is 15.5. The fourth-order valence-corrected chi connectivity index (χ4v) is 5.47. The van der Waals surface area contributed by atoms with E-state index in [1.807, 2.05) is 19.2 Å². The van der Waals surface area contributed by atoms with Crippen molar-refractivity contribution in [3.63, 3.8) is 0 Å². The molecule has 7 heteroatoms. The molecule has 3 rings (SSSR count). The lowest BCUT2D eigenvalue weighted by Crippen LogP contribution is -2.39. The summed E-state index contributed by atoms with van der Waals surface area (Å²) in [6.07, 6.45) is 10.2. The summed E-state index contributed by atoms with van der Waals surface area (Å²) in [6.45, 7) is 7.50. The first kappa shape index (κ1) is 24.9. The van der Waals surface area contributed by atoms with Crippen LogP contribution >= 0.6 is 0 Å². The van der Waals surface area contributed by atoms with E-state index >= 15 is 0 Å². The van der Waals surface area contributed by atoms with Crippen molar-refractivity contribution in [1.82, 2.24) is 14.6 Å². The van der Waals surface area contributed by atoms with Gasteiger partial charge in [0.15, 0.2) is 0 Å². The number of aryl methyl sites for hydroxylation is 1. The Bertz CT molecular complexity index is 941. The fourth-order valence-electron chi connectivity index (χ4n) is 4.33. The molecule has 178 valence electrons. The molecule has 0 aliphatic carbocycles. The van der Waals surface area contributed by atoms with Gasteiger partial charge in [0.2, 0.25) is 10.0 Å². The maximum absolute atomic E-state index is 11.7. The van der Waals surface area contributed by atoms with Crippen LogP contribution in [0.4, 0.5) is 0 Å². The van der Waals surface area contributed by atoms with E-state index in [9.17, 15) is 8.42 Å². The molecule has 32 heavy (non-hydrogen) atoms. The smallest absolute Gasteiger partial charge is 0.211 e. The van der Waals surface area contributed by atoms with Crippen LogP contribution in [0.1, 0.15) is 64.4 Å². The summed E-state index contributed by atoms with van der Waals surface area (Å²) in [5.41, 5.74) is 2.28. The number of fused-ring (bicyclic) bond motifs is 1. The largest absolute Gasteiger partial charge is 0.488 e. The van der Waals surface area contributed by atoms with E-state index in [2.05, 4.69) is 39.7 Å². The van der Waals surface area contributed by atoms with Crippen LogP contribution in [0.3, 0.4) is 0 Å². The molecule has 1 aromatic carbocycles. The van der Waals surface area contributed by atoms with E-state index in [-0.39, 0.29) is 11.9 Å². The van der Waals surface area contributed by atoms with Crippen molar-refractivity contribution >= 4 is 20.9 Å². The lowest BCUT2D eigenvalue weighted by Gasteiger charge is -2.32. The molecule has 1 fully saturated rings. The second kappa shape index (κ2) is 12.5. The third-order valence-corrected chi connectivity index (χ3v) is 7.66. The number of nitrogens with zero attached hydrogens (tertiary/aromatic N) is 2. The van der Waals surface area contributed by atoms with Gasteiger partial charge >= 0.3 is 0 Å². The Morgan fingerprint density at radius 2 is 1.94 bits per heavy atom. The highest BCUT2D eigenvalue weighted by molar-refractivity contribution is 7.89. The lowest BCUT2D eigenvalue weighted by atomic mass is 10.0. The number of nitrogens with one attached hydrogen (secondary N) is 1. The van der Waals surface area contributed by atoms with Gasteiger partial charge in [-0.15, -0.1) is 0 Å². The Morgan fingerprint density at radius 1 is 1.12 bits per heavy atom. The van der Waals surface area contributed by atoms with Crippen molar-refractivity contribution < 1.29 is 13.2 Å². The Kier molecular flexibility index (Phi) is 9.75. The first-order valence-corrected chi connectivity index (χ1v) is 13.9. The second-order valence-electron chi connectivity index (χ2n) is 8.85. The summed E-state index contributed by atoms with van der Waals surface area (Å²) < 4.78 is 32.7. The van der Waals surface area contributed by atoms with Crippen LogP contribution in [-0.2, 0) is 16.4 Å². The van der Waals surface area contributed by atoms with Gasteiger partial charge in [-0.25, -0.2) is 13.1 Å². The van der Waals surface area contributed by atoms with Crippen LogP contribution in [0.2, 0.25) is 0 Å². The number of unbranched alkanes of at least 4 members (excludes halogenated alkanes) is 2. The zero-order valence-electron chi connectivity index (χ0n) is 19.7. The summed E-state index contributed by atoms with van der Waals surface area (Å²) in [5.74, 6) is 1.12. The molecule has 2 heterocycles. The molecule has 0 saturated carbocycles. The highest BCUT2D eigenvalue weighted by Crippen LogP contribution is 2.29. The minimum absolute atomic E-state index is 0.199. The van der Waals surface area contributed by atoms with Crippen molar-refractivity contribution in [2.45, 2.75) is 71.3 Å². The fraction of sp³-hybridized carbons (Fsp3) is 0.640. The summed E-state index contributed by atoms with van der Waals surface area (Å²) in [6, 6.07) is 8.56. The predicted molar refractivity (Wildman–Crippen MR) is 132 cm³/mol. The lowest BCUT2D eigenvalue weighted by molar-refractivity contribution is 0.101. The number of benzene rings is 1. The van der Waals surface area contributed by atoms with Crippen LogP contribution in [0, 0.1) is 0 Å². The number of hydrogen-bond donors (Lipinski definition) is 1.